The number of hydrogen-bond donors (Lipinski definition) is 9. The van der Waals surface area contributed by atoms with Crippen molar-refractivity contribution >= 4 is 0 Å². The van der Waals surface area contributed by atoms with Gasteiger partial charge in [-0.2, -0.15) is 0 Å². The zero-order chi connectivity index (χ0) is 23.0. The quantitative estimate of drug-likeness (QED) is 0.136. The molecule has 31 heavy (non-hydrogen) atoms. The Hall–Kier alpha value is -0.440. The number of rotatable bonds is 12. The number of ether oxygens (including phenoxy) is 2. The Kier molecular flexibility index (Phi) is 11.5. The van der Waals surface area contributed by atoms with E-state index in [0.29, 0.717) is 6.42 Å². The molecule has 0 amide bonds. The fourth-order valence-electron chi connectivity index (χ4n) is 4.23. The maximum atomic E-state index is 10.8. The molecule has 2 aliphatic rings. The molecular formula is C20H39NO10. The fourth-order valence-corrected chi connectivity index (χ4v) is 4.23. The Morgan fingerprint density at radius 3 is 1.87 bits per heavy atom. The van der Waals surface area contributed by atoms with Crippen molar-refractivity contribution in [3.8, 4) is 0 Å². The molecule has 0 radical (unpaired) electrons. The van der Waals surface area contributed by atoms with Crippen molar-refractivity contribution in [1.29, 1.82) is 0 Å². The minimum absolute atomic E-state index is 0.193. The van der Waals surface area contributed by atoms with Gasteiger partial charge in [0.1, 0.15) is 36.6 Å². The van der Waals surface area contributed by atoms with Gasteiger partial charge in [-0.1, -0.05) is 32.1 Å². The van der Waals surface area contributed by atoms with Gasteiger partial charge in [0.05, 0.1) is 25.4 Å². The Morgan fingerprint density at radius 1 is 0.645 bits per heavy atom. The van der Waals surface area contributed by atoms with Crippen LogP contribution in [0.3, 0.4) is 0 Å². The van der Waals surface area contributed by atoms with E-state index >= 15 is 0 Å². The van der Waals surface area contributed by atoms with Gasteiger partial charge in [-0.15, -0.1) is 0 Å². The topological polar surface area (TPSA) is 192 Å². The molecule has 0 aromatic rings. The van der Waals surface area contributed by atoms with Crippen LogP contribution >= 0.6 is 0 Å². The van der Waals surface area contributed by atoms with E-state index in [0.717, 1.165) is 38.5 Å². The fraction of sp³-hybridized carbons (Fsp3) is 1.00. The average molecular weight is 454 g/mol. The highest BCUT2D eigenvalue weighted by Gasteiger charge is 2.49. The van der Waals surface area contributed by atoms with Crippen LogP contribution in [0.5, 0.6) is 0 Å². The lowest BCUT2D eigenvalue weighted by atomic mass is 9.87. The highest BCUT2D eigenvalue weighted by molar-refractivity contribution is 5.00. The predicted molar refractivity (Wildman–Crippen MR) is 108 cm³/mol. The zero-order valence-electron chi connectivity index (χ0n) is 17.7. The summed E-state index contributed by atoms with van der Waals surface area (Å²) in [5.41, 5.74) is 0. The minimum atomic E-state index is -1.66. The van der Waals surface area contributed by atoms with Gasteiger partial charge >= 0.3 is 0 Å². The molecule has 0 spiro atoms. The summed E-state index contributed by atoms with van der Waals surface area (Å²) in [6.45, 7) is -0.832. The summed E-state index contributed by atoms with van der Waals surface area (Å²) in [6.07, 6.45) is -5.15. The largest absolute Gasteiger partial charge is 0.396 e. The molecular weight excluding hydrogens is 414 g/mol. The molecule has 0 aromatic carbocycles. The van der Waals surface area contributed by atoms with Crippen LogP contribution in [0.1, 0.15) is 44.9 Å². The molecule has 184 valence electrons. The first kappa shape index (κ1) is 26.8. The molecule has 11 nitrogen and oxygen atoms in total. The molecule has 2 fully saturated rings. The maximum Gasteiger partial charge on any atom is 0.187 e. The molecule has 0 bridgehead atoms. The molecule has 9 N–H and O–H groups in total. The van der Waals surface area contributed by atoms with Gasteiger partial charge in [-0.25, -0.2) is 0 Å². The van der Waals surface area contributed by atoms with Gasteiger partial charge in [0.25, 0.3) is 0 Å². The van der Waals surface area contributed by atoms with Gasteiger partial charge in [0, 0.05) is 12.6 Å². The van der Waals surface area contributed by atoms with E-state index in [4.69, 9.17) is 14.6 Å². The van der Waals surface area contributed by atoms with Gasteiger partial charge in [-0.3, -0.25) is 0 Å². The molecule has 2 saturated heterocycles. The molecule has 0 saturated carbocycles. The van der Waals surface area contributed by atoms with Crippen molar-refractivity contribution in [2.75, 3.05) is 19.8 Å². The monoisotopic (exact) mass is 453 g/mol. The van der Waals surface area contributed by atoms with Crippen LogP contribution in [-0.4, -0.2) is 122 Å². The summed E-state index contributed by atoms with van der Waals surface area (Å²) < 4.78 is 10.9. The third-order valence-electron chi connectivity index (χ3n) is 6.19. The summed E-state index contributed by atoms with van der Waals surface area (Å²) in [6, 6.07) is -1.25. The van der Waals surface area contributed by atoms with Crippen LogP contribution in [0.4, 0.5) is 0 Å². The van der Waals surface area contributed by atoms with Crippen LogP contribution in [0.2, 0.25) is 0 Å². The van der Waals surface area contributed by atoms with Crippen molar-refractivity contribution in [3.05, 3.63) is 0 Å². The molecule has 2 rings (SSSR count). The maximum absolute atomic E-state index is 10.8. The standard InChI is InChI=1S/C20H39NO10/c22-8-6-4-2-1-3-5-7-11-14(25)19(15(26)12(9-23)21-11)31-20-18(29)17(28)16(27)13(10-24)30-20/h11-29H,1-10H2/t11-,12-,13-,14+,15-,16-,17+,18-,19-,20+/m1/s1. The molecule has 2 aliphatic heterocycles. The molecule has 0 unspecified atom stereocenters. The summed E-state index contributed by atoms with van der Waals surface area (Å²) in [5.74, 6) is 0. The SMILES string of the molecule is OCCCCCCCC[C@H]1N[C@H](CO)[C@@H](O)[C@H](O[C@@H]2O[C@H](CO)[C@@H](O)[C@H](O)[C@H]2O)[C@H]1O. The van der Waals surface area contributed by atoms with Gasteiger partial charge in [0.2, 0.25) is 0 Å². The highest BCUT2D eigenvalue weighted by atomic mass is 16.7. The van der Waals surface area contributed by atoms with Crippen LogP contribution in [-0.2, 0) is 9.47 Å². The summed E-state index contributed by atoms with van der Waals surface area (Å²) >= 11 is 0. The van der Waals surface area contributed by atoms with Crippen LogP contribution in [0.25, 0.3) is 0 Å². The third-order valence-corrected chi connectivity index (χ3v) is 6.19. The van der Waals surface area contributed by atoms with E-state index in [1.165, 1.54) is 0 Å². The van der Waals surface area contributed by atoms with E-state index in [9.17, 15) is 35.7 Å². The Labute approximate surface area is 182 Å². The molecule has 2 heterocycles. The molecule has 11 heteroatoms. The summed E-state index contributed by atoms with van der Waals surface area (Å²) in [7, 11) is 0. The number of aliphatic hydroxyl groups excluding tert-OH is 8. The number of piperidine rings is 1. The lowest BCUT2D eigenvalue weighted by Gasteiger charge is -2.46. The second-order valence-electron chi connectivity index (χ2n) is 8.47. The van der Waals surface area contributed by atoms with Crippen molar-refractivity contribution in [2.45, 2.75) is 106 Å². The Bertz CT molecular complexity index is 499. The van der Waals surface area contributed by atoms with E-state index in [1.54, 1.807) is 0 Å². The second-order valence-corrected chi connectivity index (χ2v) is 8.47. The zero-order valence-corrected chi connectivity index (χ0v) is 17.7. The summed E-state index contributed by atoms with van der Waals surface area (Å²) in [4.78, 5) is 0. The summed E-state index contributed by atoms with van der Waals surface area (Å²) in [5, 5.41) is 82.1. The van der Waals surface area contributed by atoms with E-state index in [1.807, 2.05) is 0 Å². The van der Waals surface area contributed by atoms with Crippen molar-refractivity contribution in [2.24, 2.45) is 0 Å². The van der Waals surface area contributed by atoms with E-state index in [2.05, 4.69) is 5.32 Å². The molecule has 0 aromatic heterocycles. The number of hydrogen-bond acceptors (Lipinski definition) is 11. The van der Waals surface area contributed by atoms with Crippen molar-refractivity contribution in [1.82, 2.24) is 5.32 Å². The van der Waals surface area contributed by atoms with E-state index < -0.39 is 74.3 Å². The average Bonchev–Trinajstić information content (AvgIpc) is 2.77. The highest BCUT2D eigenvalue weighted by Crippen LogP contribution is 2.28. The first-order valence-electron chi connectivity index (χ1n) is 11.2. The lowest BCUT2D eigenvalue weighted by Crippen LogP contribution is -2.68. The number of unbranched alkanes of at least 4 members (excludes halogenated alkanes) is 5. The second kappa shape index (κ2) is 13.3. The number of nitrogens with one attached hydrogen (secondary N) is 1. The molecule has 10 atom stereocenters. The van der Waals surface area contributed by atoms with Crippen molar-refractivity contribution in [3.63, 3.8) is 0 Å². The van der Waals surface area contributed by atoms with E-state index in [-0.39, 0.29) is 6.61 Å². The minimum Gasteiger partial charge on any atom is -0.396 e. The smallest absolute Gasteiger partial charge is 0.187 e. The van der Waals surface area contributed by atoms with Crippen LogP contribution in [0, 0.1) is 0 Å². The Morgan fingerprint density at radius 2 is 1.26 bits per heavy atom. The van der Waals surface area contributed by atoms with Crippen molar-refractivity contribution < 1.29 is 50.3 Å². The lowest BCUT2D eigenvalue weighted by molar-refractivity contribution is -0.328. The first-order chi connectivity index (χ1) is 14.8. The van der Waals surface area contributed by atoms with Gasteiger partial charge in [-0.05, 0) is 12.8 Å². The van der Waals surface area contributed by atoms with Gasteiger partial charge < -0.3 is 55.6 Å². The van der Waals surface area contributed by atoms with Gasteiger partial charge in [0.15, 0.2) is 6.29 Å². The Balaban J connectivity index is 1.95. The van der Waals surface area contributed by atoms with Crippen LogP contribution < -0.4 is 5.32 Å². The number of aliphatic hydroxyl groups is 8. The predicted octanol–water partition coefficient (Wildman–Crippen LogP) is -3.05. The third kappa shape index (κ3) is 7.02. The van der Waals surface area contributed by atoms with Crippen LogP contribution in [0.15, 0.2) is 0 Å². The molecule has 0 aliphatic carbocycles. The first-order valence-corrected chi connectivity index (χ1v) is 11.2. The normalized spacial score (nSPS) is 41.4.